The van der Waals surface area contributed by atoms with Gasteiger partial charge >= 0.3 is 0 Å². The number of ether oxygens (including phenoxy) is 9. The van der Waals surface area contributed by atoms with Crippen molar-refractivity contribution < 1.29 is 71.4 Å². The van der Waals surface area contributed by atoms with Crippen molar-refractivity contribution in [1.82, 2.24) is 30.6 Å². The van der Waals surface area contributed by atoms with E-state index >= 15 is 0 Å². The molecule has 70 heavy (non-hydrogen) atoms. The minimum atomic E-state index is -0.500. The number of nitrogens with one attached hydrogen (secondary N) is 2. The number of nitrogens with zero attached hydrogens (tertiary/aromatic N) is 5. The number of hydrogen-bond donors (Lipinski definition) is 3. The molecule has 2 aliphatic heterocycles. The number of carbonyl (C=O) groups is 5. The van der Waals surface area contributed by atoms with Gasteiger partial charge in [0.2, 0.25) is 11.7 Å². The summed E-state index contributed by atoms with van der Waals surface area (Å²) in [5.41, 5.74) is 9.51. The fraction of sp³-hybridized carbons (Fsp3) is 0.574. The lowest BCUT2D eigenvalue weighted by Gasteiger charge is -2.21. The first-order chi connectivity index (χ1) is 34.2. The minimum absolute atomic E-state index is 0.0252. The molecule has 23 nitrogen and oxygen atoms in total. The first kappa shape index (κ1) is 57.0. The van der Waals surface area contributed by atoms with Crippen LogP contribution in [0, 0.1) is 0 Å². The maximum atomic E-state index is 13.2. The summed E-state index contributed by atoms with van der Waals surface area (Å²) in [4.78, 5) is 80.0. The van der Waals surface area contributed by atoms with Crippen molar-refractivity contribution in [3.05, 3.63) is 59.7 Å². The van der Waals surface area contributed by atoms with E-state index in [4.69, 9.17) is 53.2 Å². The molecule has 0 aliphatic carbocycles. The molecule has 2 aliphatic rings. The largest absolute Gasteiger partial charge is 0.387 e. The summed E-state index contributed by atoms with van der Waals surface area (Å²) in [6, 6.07) is 5.58. The summed E-state index contributed by atoms with van der Waals surface area (Å²) >= 11 is 0. The molecule has 2 aromatic rings. The number of imide groups is 1. The predicted octanol–water partition coefficient (Wildman–Crippen LogP) is 1.03. The van der Waals surface area contributed by atoms with E-state index in [1.54, 1.807) is 18.5 Å². The maximum absolute atomic E-state index is 13.2. The highest BCUT2D eigenvalue weighted by molar-refractivity contribution is 6.14. The Balaban J connectivity index is 0.874. The van der Waals surface area contributed by atoms with Gasteiger partial charge in [-0.3, -0.25) is 33.7 Å². The van der Waals surface area contributed by atoms with Gasteiger partial charge in [-0.25, -0.2) is 20.0 Å². The zero-order valence-corrected chi connectivity index (χ0v) is 40.2. The van der Waals surface area contributed by atoms with Crippen molar-refractivity contribution in [1.29, 1.82) is 0 Å². The minimum Gasteiger partial charge on any atom is -0.387 e. The van der Waals surface area contributed by atoms with E-state index in [0.717, 1.165) is 34.6 Å². The summed E-state index contributed by atoms with van der Waals surface area (Å²) in [7, 11) is 0. The molecule has 5 amide bonds. The number of amides is 5. The van der Waals surface area contributed by atoms with E-state index in [2.05, 4.69) is 25.6 Å². The van der Waals surface area contributed by atoms with Crippen molar-refractivity contribution in [2.24, 2.45) is 10.7 Å². The van der Waals surface area contributed by atoms with Crippen LogP contribution in [0.25, 0.3) is 17.2 Å². The van der Waals surface area contributed by atoms with Gasteiger partial charge in [-0.1, -0.05) is 19.1 Å². The number of benzene rings is 1. The molecule has 0 saturated carbocycles. The molecule has 0 atom stereocenters. The number of rotatable bonds is 39. The van der Waals surface area contributed by atoms with E-state index in [0.29, 0.717) is 142 Å². The summed E-state index contributed by atoms with van der Waals surface area (Å²) in [5.74, 6) is -1.77. The van der Waals surface area contributed by atoms with Crippen molar-refractivity contribution in [2.45, 2.75) is 26.7 Å². The van der Waals surface area contributed by atoms with Crippen LogP contribution in [0.15, 0.2) is 53.3 Å². The van der Waals surface area contributed by atoms with E-state index in [9.17, 15) is 24.0 Å². The molecule has 0 fully saturated rings. The molecule has 4 N–H and O–H groups in total. The Morgan fingerprint density at radius 2 is 1.13 bits per heavy atom. The van der Waals surface area contributed by atoms with Gasteiger partial charge in [0.1, 0.15) is 12.4 Å². The molecule has 3 heterocycles. The van der Waals surface area contributed by atoms with Crippen LogP contribution >= 0.6 is 0 Å². The van der Waals surface area contributed by atoms with Gasteiger partial charge in [-0.15, -0.1) is 0 Å². The lowest BCUT2D eigenvalue weighted by molar-refractivity contribution is -0.180. The van der Waals surface area contributed by atoms with Crippen molar-refractivity contribution in [3.8, 4) is 11.1 Å². The zero-order valence-electron chi connectivity index (χ0n) is 40.2. The van der Waals surface area contributed by atoms with Gasteiger partial charge in [-0.05, 0) is 31.1 Å². The highest BCUT2D eigenvalue weighted by Gasteiger charge is 2.25. The third kappa shape index (κ3) is 22.4. The fourth-order valence-electron chi connectivity index (χ4n) is 6.27. The van der Waals surface area contributed by atoms with E-state index in [1.165, 1.54) is 5.06 Å². The number of aromatic nitrogens is 2. The Hall–Kier alpha value is -5.60. The third-order valence-corrected chi connectivity index (χ3v) is 9.68. The zero-order chi connectivity index (χ0) is 50.0. The smallest absolute Gasteiger partial charge is 0.289 e. The molecule has 4 rings (SSSR count). The predicted molar refractivity (Wildman–Crippen MR) is 254 cm³/mol. The van der Waals surface area contributed by atoms with Crippen LogP contribution in [-0.2, 0) is 66.6 Å². The molecule has 0 unspecified atom stereocenters. The van der Waals surface area contributed by atoms with Crippen LogP contribution in [0.5, 0.6) is 0 Å². The summed E-state index contributed by atoms with van der Waals surface area (Å²) in [5, 5.41) is 6.70. The molecule has 0 saturated heterocycles. The molecule has 1 aromatic heterocycles. The van der Waals surface area contributed by atoms with E-state index in [-0.39, 0.29) is 51.0 Å². The molecule has 0 radical (unpaired) electrons. The van der Waals surface area contributed by atoms with Gasteiger partial charge in [0.05, 0.1) is 131 Å². The monoisotopic (exact) mass is 984 g/mol. The fourth-order valence-corrected chi connectivity index (χ4v) is 6.27. The van der Waals surface area contributed by atoms with Crippen LogP contribution in [0.2, 0.25) is 0 Å². The Kier molecular flexibility index (Phi) is 28.2. The first-order valence-electron chi connectivity index (χ1n) is 23.4. The Bertz CT molecular complexity index is 1980. The average Bonchev–Trinajstić information content (AvgIpc) is 3.56. The topological polar surface area (TPSA) is 272 Å². The molecule has 1 aromatic carbocycles. The number of carbonyl (C=O) groups excluding carboxylic acids is 5. The number of amidine groups is 1. The second-order valence-electron chi connectivity index (χ2n) is 15.1. The lowest BCUT2D eigenvalue weighted by Crippen LogP contribution is -2.41. The highest BCUT2D eigenvalue weighted by Crippen LogP contribution is 2.32. The normalized spacial score (nSPS) is 13.3. The lowest BCUT2D eigenvalue weighted by atomic mass is 10.0. The number of fused-ring (bicyclic) bond motifs is 1. The third-order valence-electron chi connectivity index (χ3n) is 9.68. The van der Waals surface area contributed by atoms with E-state index in [1.807, 2.05) is 32.0 Å². The number of hydroxylamine groups is 2. The van der Waals surface area contributed by atoms with Crippen molar-refractivity contribution in [2.75, 3.05) is 152 Å². The highest BCUT2D eigenvalue weighted by atomic mass is 16.7. The van der Waals surface area contributed by atoms with E-state index < -0.39 is 23.6 Å². The van der Waals surface area contributed by atoms with Crippen molar-refractivity contribution in [3.63, 3.8) is 0 Å². The number of aliphatic imine (C=N–C) groups is 1. The molecule has 386 valence electrons. The molecule has 0 bridgehead atoms. The first-order valence-corrected chi connectivity index (χ1v) is 23.4. The second kappa shape index (κ2) is 34.7. The summed E-state index contributed by atoms with van der Waals surface area (Å²) in [6.07, 6.45) is 8.14. The van der Waals surface area contributed by atoms with Crippen LogP contribution in [0.4, 0.5) is 5.69 Å². The van der Waals surface area contributed by atoms with Crippen LogP contribution in [-0.4, -0.2) is 207 Å². The Morgan fingerprint density at radius 1 is 0.657 bits per heavy atom. The number of hydrogen-bond acceptors (Lipinski definition) is 19. The van der Waals surface area contributed by atoms with Gasteiger partial charge < -0.3 is 59.0 Å². The Labute approximate surface area is 408 Å². The van der Waals surface area contributed by atoms with Crippen molar-refractivity contribution >= 4 is 47.1 Å². The average molecular weight is 985 g/mol. The summed E-state index contributed by atoms with van der Waals surface area (Å²) < 4.78 is 49.3. The van der Waals surface area contributed by atoms with Gasteiger partial charge in [-0.2, -0.15) is 0 Å². The van der Waals surface area contributed by atoms with Gasteiger partial charge in [0, 0.05) is 67.3 Å². The molecule has 23 heteroatoms. The number of nitrogens with two attached hydrogens (primary N) is 1. The van der Waals surface area contributed by atoms with Gasteiger partial charge in [0.15, 0.2) is 0 Å². The molecule has 0 spiro atoms. The second-order valence-corrected chi connectivity index (χ2v) is 15.1. The molecular weight excluding hydrogens is 917 g/mol. The molecular formula is C47H68N8O15. The van der Waals surface area contributed by atoms with Crippen LogP contribution in [0.3, 0.4) is 0 Å². The Morgan fingerprint density at radius 3 is 1.60 bits per heavy atom. The quantitative estimate of drug-likeness (QED) is 0.0479. The standard InChI is InChI=1S/C47H68N8O15/c1-3-11-55(70-4-2)47(60)38-30-37-6-5-36(31-40(37)53-41(48)32-38)39-33-51-45(52-34-39)46(59)50-10-13-62-15-17-64-19-21-66-23-25-68-27-29-69-28-26-67-24-22-65-20-18-63-16-14-61-12-9-49-42(56)35-54-43(57)7-8-44(54)58/h5-8,30-31,33-34H,3-4,9-29,32,35H2,1-2H3,(H2,48,53)(H,49,56)(H,50,59). The van der Waals surface area contributed by atoms with Gasteiger partial charge in [0.25, 0.3) is 23.6 Å². The van der Waals surface area contributed by atoms with Crippen LogP contribution < -0.4 is 16.4 Å². The van der Waals surface area contributed by atoms with Crippen LogP contribution in [0.1, 0.15) is 42.9 Å². The summed E-state index contributed by atoms with van der Waals surface area (Å²) in [6.45, 7) is 12.0. The SMILES string of the molecule is CCCN(OCC)C(=O)C1=Cc2ccc(-c3cnc(C(=O)NCCOCCOCCOCCOCCOCCOCCOCCOCCOCCNC(=O)CN4C(=O)C=CC4=O)nc3)cc2N=C(N)C1. The maximum Gasteiger partial charge on any atom is 0.289 e.